The number of carbonyl (C=O) groups excluding carboxylic acids is 1. The van der Waals surface area contributed by atoms with Gasteiger partial charge in [0.1, 0.15) is 5.82 Å². The summed E-state index contributed by atoms with van der Waals surface area (Å²) in [6.07, 6.45) is -5.43. The molecule has 7 heteroatoms. The van der Waals surface area contributed by atoms with Gasteiger partial charge >= 0.3 is 12.3 Å². The Hall–Kier alpha value is -1.79. The molecule has 0 unspecified atom stereocenters. The van der Waals surface area contributed by atoms with E-state index in [2.05, 4.69) is 10.1 Å². The Morgan fingerprint density at radius 2 is 2.06 bits per heavy atom. The van der Waals surface area contributed by atoms with Gasteiger partial charge in [0.15, 0.2) is 0 Å². The van der Waals surface area contributed by atoms with E-state index >= 15 is 0 Å². The van der Waals surface area contributed by atoms with Crippen molar-refractivity contribution >= 4 is 6.09 Å². The van der Waals surface area contributed by atoms with Crippen LogP contribution < -0.4 is 5.32 Å². The van der Waals surface area contributed by atoms with Crippen LogP contribution in [0.15, 0.2) is 18.2 Å². The Labute approximate surface area is 101 Å². The minimum Gasteiger partial charge on any atom is -0.453 e. The van der Waals surface area contributed by atoms with Gasteiger partial charge in [-0.2, -0.15) is 13.2 Å². The Morgan fingerprint density at radius 1 is 1.39 bits per heavy atom. The standard InChI is InChI=1S/C11H11F4NO2/c1-18-10(17)16-5-4-7-6-8(12)2-3-9(7)11(13,14)15/h2-3,6H,4-5H2,1H3,(H,16,17). The highest BCUT2D eigenvalue weighted by Crippen LogP contribution is 2.32. The van der Waals surface area contributed by atoms with Crippen LogP contribution in [-0.4, -0.2) is 19.7 Å². The zero-order chi connectivity index (χ0) is 13.8. The topological polar surface area (TPSA) is 38.3 Å². The molecular weight excluding hydrogens is 254 g/mol. The van der Waals surface area contributed by atoms with Crippen molar-refractivity contribution in [3.8, 4) is 0 Å². The molecule has 1 N–H and O–H groups in total. The quantitative estimate of drug-likeness (QED) is 0.853. The molecule has 0 atom stereocenters. The molecule has 0 bridgehead atoms. The molecular formula is C11H11F4NO2. The minimum absolute atomic E-state index is 0.0702. The number of halogens is 4. The summed E-state index contributed by atoms with van der Waals surface area (Å²) in [5.41, 5.74) is -1.12. The van der Waals surface area contributed by atoms with Crippen molar-refractivity contribution in [1.29, 1.82) is 0 Å². The molecule has 0 saturated carbocycles. The van der Waals surface area contributed by atoms with Crippen molar-refractivity contribution in [2.45, 2.75) is 12.6 Å². The highest BCUT2D eigenvalue weighted by molar-refractivity contribution is 5.66. The van der Waals surface area contributed by atoms with Gasteiger partial charge < -0.3 is 10.1 Å². The molecule has 1 aromatic rings. The van der Waals surface area contributed by atoms with Gasteiger partial charge in [0, 0.05) is 6.54 Å². The van der Waals surface area contributed by atoms with Crippen molar-refractivity contribution in [3.05, 3.63) is 35.1 Å². The second-order valence-electron chi connectivity index (χ2n) is 3.47. The second kappa shape index (κ2) is 5.70. The average Bonchev–Trinajstić information content (AvgIpc) is 2.27. The summed E-state index contributed by atoms with van der Waals surface area (Å²) >= 11 is 0. The molecule has 0 aliphatic heterocycles. The number of carbonyl (C=O) groups is 1. The van der Waals surface area contributed by atoms with Gasteiger partial charge in [0.05, 0.1) is 12.7 Å². The highest BCUT2D eigenvalue weighted by Gasteiger charge is 2.33. The van der Waals surface area contributed by atoms with Gasteiger partial charge in [-0.15, -0.1) is 0 Å². The van der Waals surface area contributed by atoms with Crippen molar-refractivity contribution in [1.82, 2.24) is 5.32 Å². The molecule has 0 aliphatic rings. The number of alkyl halides is 3. The van der Waals surface area contributed by atoms with E-state index in [4.69, 9.17) is 0 Å². The Bertz CT molecular complexity index is 432. The molecule has 0 spiro atoms. The minimum atomic E-state index is -4.55. The Morgan fingerprint density at radius 3 is 2.61 bits per heavy atom. The third-order valence-electron chi connectivity index (χ3n) is 2.22. The average molecular weight is 265 g/mol. The van der Waals surface area contributed by atoms with Crippen LogP contribution in [0.25, 0.3) is 0 Å². The fourth-order valence-corrected chi connectivity index (χ4v) is 1.42. The molecule has 0 radical (unpaired) electrons. The van der Waals surface area contributed by atoms with Crippen LogP contribution >= 0.6 is 0 Å². The third-order valence-corrected chi connectivity index (χ3v) is 2.22. The number of ether oxygens (including phenoxy) is 1. The van der Waals surface area contributed by atoms with Gasteiger partial charge in [-0.1, -0.05) is 0 Å². The van der Waals surface area contributed by atoms with E-state index in [0.717, 1.165) is 19.2 Å². The fraction of sp³-hybridized carbons (Fsp3) is 0.364. The van der Waals surface area contributed by atoms with E-state index in [-0.39, 0.29) is 18.5 Å². The Kier molecular flexibility index (Phi) is 4.52. The van der Waals surface area contributed by atoms with Gasteiger partial charge in [-0.25, -0.2) is 9.18 Å². The molecule has 3 nitrogen and oxygen atoms in total. The van der Waals surface area contributed by atoms with Gasteiger partial charge in [-0.3, -0.25) is 0 Å². The van der Waals surface area contributed by atoms with Crippen molar-refractivity contribution in [3.63, 3.8) is 0 Å². The lowest BCUT2D eigenvalue weighted by molar-refractivity contribution is -0.138. The maximum Gasteiger partial charge on any atom is 0.416 e. The zero-order valence-electron chi connectivity index (χ0n) is 9.47. The summed E-state index contributed by atoms with van der Waals surface area (Å²) < 4.78 is 55.0. The smallest absolute Gasteiger partial charge is 0.416 e. The number of alkyl carbamates (subject to hydrolysis) is 1. The molecule has 0 aliphatic carbocycles. The maximum atomic E-state index is 12.9. The SMILES string of the molecule is COC(=O)NCCc1cc(F)ccc1C(F)(F)F. The largest absolute Gasteiger partial charge is 0.453 e. The predicted molar refractivity (Wildman–Crippen MR) is 55.5 cm³/mol. The summed E-state index contributed by atoms with van der Waals surface area (Å²) in [6, 6.07) is 2.24. The number of benzene rings is 1. The van der Waals surface area contributed by atoms with Crippen LogP contribution in [0, 0.1) is 5.82 Å². The highest BCUT2D eigenvalue weighted by atomic mass is 19.4. The summed E-state index contributed by atoms with van der Waals surface area (Å²) in [6.45, 7) is -0.0702. The summed E-state index contributed by atoms with van der Waals surface area (Å²) in [7, 11) is 1.14. The first kappa shape index (κ1) is 14.3. The maximum absolute atomic E-state index is 12.9. The fourth-order valence-electron chi connectivity index (χ4n) is 1.42. The predicted octanol–water partition coefficient (Wildman–Crippen LogP) is 2.74. The molecule has 0 aromatic heterocycles. The number of amides is 1. The number of methoxy groups -OCH3 is 1. The van der Waals surface area contributed by atoms with Crippen LogP contribution in [0.2, 0.25) is 0 Å². The zero-order valence-corrected chi connectivity index (χ0v) is 9.47. The van der Waals surface area contributed by atoms with Gasteiger partial charge in [0.2, 0.25) is 0 Å². The molecule has 1 aromatic carbocycles. The second-order valence-corrected chi connectivity index (χ2v) is 3.47. The van der Waals surface area contributed by atoms with E-state index in [1.54, 1.807) is 0 Å². The number of rotatable bonds is 3. The van der Waals surface area contributed by atoms with Crippen LogP contribution in [0.4, 0.5) is 22.4 Å². The van der Waals surface area contributed by atoms with Crippen LogP contribution in [-0.2, 0) is 17.3 Å². The lowest BCUT2D eigenvalue weighted by Gasteiger charge is -2.13. The van der Waals surface area contributed by atoms with E-state index in [1.165, 1.54) is 0 Å². The van der Waals surface area contributed by atoms with Crippen LogP contribution in [0.5, 0.6) is 0 Å². The number of hydrogen-bond donors (Lipinski definition) is 1. The molecule has 1 rings (SSSR count). The monoisotopic (exact) mass is 265 g/mol. The van der Waals surface area contributed by atoms with E-state index < -0.39 is 23.7 Å². The summed E-state index contributed by atoms with van der Waals surface area (Å²) in [5.74, 6) is -0.754. The normalized spacial score (nSPS) is 11.2. The molecule has 0 fully saturated rings. The van der Waals surface area contributed by atoms with Gasteiger partial charge in [0.25, 0.3) is 0 Å². The number of hydrogen-bond acceptors (Lipinski definition) is 2. The molecule has 1 amide bonds. The molecule has 0 heterocycles. The number of nitrogens with one attached hydrogen (secondary N) is 1. The Balaban J connectivity index is 2.80. The first-order valence-electron chi connectivity index (χ1n) is 5.02. The first-order valence-corrected chi connectivity index (χ1v) is 5.02. The molecule has 100 valence electrons. The molecule has 18 heavy (non-hydrogen) atoms. The summed E-state index contributed by atoms with van der Waals surface area (Å²) in [4.78, 5) is 10.7. The van der Waals surface area contributed by atoms with Crippen LogP contribution in [0.1, 0.15) is 11.1 Å². The van der Waals surface area contributed by atoms with E-state index in [1.807, 2.05) is 0 Å². The van der Waals surface area contributed by atoms with E-state index in [0.29, 0.717) is 6.07 Å². The first-order chi connectivity index (χ1) is 8.34. The van der Waals surface area contributed by atoms with Crippen molar-refractivity contribution < 1.29 is 27.1 Å². The van der Waals surface area contributed by atoms with Crippen LogP contribution in [0.3, 0.4) is 0 Å². The van der Waals surface area contributed by atoms with Gasteiger partial charge in [-0.05, 0) is 30.2 Å². The lowest BCUT2D eigenvalue weighted by Crippen LogP contribution is -2.26. The van der Waals surface area contributed by atoms with Crippen molar-refractivity contribution in [2.75, 3.05) is 13.7 Å². The van der Waals surface area contributed by atoms with Crippen molar-refractivity contribution in [2.24, 2.45) is 0 Å². The van der Waals surface area contributed by atoms with E-state index in [9.17, 15) is 22.4 Å². The lowest BCUT2D eigenvalue weighted by atomic mass is 10.0. The molecule has 0 saturated heterocycles. The third kappa shape index (κ3) is 3.90. The summed E-state index contributed by atoms with van der Waals surface area (Å²) in [5, 5.41) is 2.23.